The zero-order valence-electron chi connectivity index (χ0n) is 8.70. The lowest BCUT2D eigenvalue weighted by Crippen LogP contribution is -2.08. The molecule has 2 aromatic heterocycles. The summed E-state index contributed by atoms with van der Waals surface area (Å²) in [5.74, 6) is 1.97. The number of rotatable bonds is 2. The van der Waals surface area contributed by atoms with Crippen LogP contribution in [0.3, 0.4) is 0 Å². The normalized spacial score (nSPS) is 10.5. The number of nitrogens with one attached hydrogen (secondary N) is 1. The molecule has 4 nitrogen and oxygen atoms in total. The molecule has 0 aliphatic carbocycles. The first kappa shape index (κ1) is 9.71. The Bertz CT molecular complexity index is 525. The lowest BCUT2D eigenvalue weighted by molar-refractivity contribution is 0.525. The third-order valence-electron chi connectivity index (χ3n) is 2.11. The SMILES string of the molecule is CCc1ccc(-c2nc(C)cc(=O)[nH]2)o1. The molecule has 0 saturated heterocycles. The van der Waals surface area contributed by atoms with Crippen molar-refractivity contribution in [2.45, 2.75) is 20.3 Å². The molecule has 2 rings (SSSR count). The molecular weight excluding hydrogens is 192 g/mol. The minimum atomic E-state index is -0.160. The molecule has 78 valence electrons. The van der Waals surface area contributed by atoms with Crippen LogP contribution in [0.25, 0.3) is 11.6 Å². The van der Waals surface area contributed by atoms with Crippen LogP contribution in [0.1, 0.15) is 18.4 Å². The van der Waals surface area contributed by atoms with Crippen LogP contribution in [-0.2, 0) is 6.42 Å². The summed E-state index contributed by atoms with van der Waals surface area (Å²) in [6.45, 7) is 3.79. The van der Waals surface area contributed by atoms with E-state index in [1.54, 1.807) is 6.92 Å². The van der Waals surface area contributed by atoms with Gasteiger partial charge in [-0.2, -0.15) is 0 Å². The maximum atomic E-state index is 11.2. The fourth-order valence-electron chi connectivity index (χ4n) is 1.39. The molecule has 0 unspecified atom stereocenters. The average Bonchev–Trinajstić information content (AvgIpc) is 2.64. The van der Waals surface area contributed by atoms with Gasteiger partial charge in [-0.3, -0.25) is 4.79 Å². The van der Waals surface area contributed by atoms with E-state index in [4.69, 9.17) is 4.42 Å². The molecule has 0 spiro atoms. The predicted molar refractivity (Wildman–Crippen MR) is 56.7 cm³/mol. The van der Waals surface area contributed by atoms with Crippen molar-refractivity contribution in [1.29, 1.82) is 0 Å². The maximum absolute atomic E-state index is 11.2. The van der Waals surface area contributed by atoms with Crippen molar-refractivity contribution in [3.63, 3.8) is 0 Å². The molecule has 2 aromatic rings. The largest absolute Gasteiger partial charge is 0.458 e. The molecular formula is C11H12N2O2. The van der Waals surface area contributed by atoms with Gasteiger partial charge in [-0.15, -0.1) is 0 Å². The molecule has 1 N–H and O–H groups in total. The first-order valence-corrected chi connectivity index (χ1v) is 4.86. The van der Waals surface area contributed by atoms with E-state index in [-0.39, 0.29) is 5.56 Å². The van der Waals surface area contributed by atoms with Crippen LogP contribution in [0.4, 0.5) is 0 Å². The fourth-order valence-corrected chi connectivity index (χ4v) is 1.39. The Morgan fingerprint density at radius 2 is 2.27 bits per heavy atom. The van der Waals surface area contributed by atoms with Gasteiger partial charge in [-0.1, -0.05) is 6.92 Å². The number of furan rings is 1. The van der Waals surface area contributed by atoms with Crippen molar-refractivity contribution in [2.24, 2.45) is 0 Å². The van der Waals surface area contributed by atoms with Crippen molar-refractivity contribution >= 4 is 0 Å². The summed E-state index contributed by atoms with van der Waals surface area (Å²) in [6.07, 6.45) is 0.829. The summed E-state index contributed by atoms with van der Waals surface area (Å²) in [6, 6.07) is 5.15. The Hall–Kier alpha value is -1.84. The number of aryl methyl sites for hydroxylation is 2. The van der Waals surface area contributed by atoms with E-state index >= 15 is 0 Å². The molecule has 0 amide bonds. The number of aromatic nitrogens is 2. The highest BCUT2D eigenvalue weighted by Gasteiger charge is 2.06. The second kappa shape index (κ2) is 3.73. The molecule has 0 aliphatic heterocycles. The van der Waals surface area contributed by atoms with Crippen LogP contribution in [0.15, 0.2) is 27.4 Å². The highest BCUT2D eigenvalue weighted by atomic mass is 16.3. The van der Waals surface area contributed by atoms with Gasteiger partial charge in [0.1, 0.15) is 5.76 Å². The molecule has 0 bridgehead atoms. The Morgan fingerprint density at radius 3 is 2.87 bits per heavy atom. The van der Waals surface area contributed by atoms with Gasteiger partial charge in [0.05, 0.1) is 0 Å². The monoisotopic (exact) mass is 204 g/mol. The molecule has 0 fully saturated rings. The van der Waals surface area contributed by atoms with Gasteiger partial charge in [0.15, 0.2) is 11.6 Å². The van der Waals surface area contributed by atoms with Crippen molar-refractivity contribution in [3.8, 4) is 11.6 Å². The van der Waals surface area contributed by atoms with E-state index in [2.05, 4.69) is 9.97 Å². The molecule has 15 heavy (non-hydrogen) atoms. The first-order valence-electron chi connectivity index (χ1n) is 4.86. The number of nitrogens with zero attached hydrogens (tertiary/aromatic N) is 1. The fraction of sp³-hybridized carbons (Fsp3) is 0.273. The van der Waals surface area contributed by atoms with Crippen molar-refractivity contribution in [2.75, 3.05) is 0 Å². The number of H-pyrrole nitrogens is 1. The van der Waals surface area contributed by atoms with Crippen molar-refractivity contribution in [1.82, 2.24) is 9.97 Å². The molecule has 0 radical (unpaired) electrons. The van der Waals surface area contributed by atoms with Crippen molar-refractivity contribution in [3.05, 3.63) is 40.0 Å². The molecule has 4 heteroatoms. The molecule has 0 aromatic carbocycles. The molecule has 2 heterocycles. The Morgan fingerprint density at radius 1 is 1.47 bits per heavy atom. The zero-order chi connectivity index (χ0) is 10.8. The molecule has 0 atom stereocenters. The Kier molecular flexibility index (Phi) is 2.41. The summed E-state index contributed by atoms with van der Waals surface area (Å²) in [5, 5.41) is 0. The summed E-state index contributed by atoms with van der Waals surface area (Å²) < 4.78 is 5.50. The highest BCUT2D eigenvalue weighted by Crippen LogP contribution is 2.17. The summed E-state index contributed by atoms with van der Waals surface area (Å²) in [5.41, 5.74) is 0.523. The van der Waals surface area contributed by atoms with Gasteiger partial charge in [-0.05, 0) is 19.1 Å². The van der Waals surface area contributed by atoms with E-state index in [1.165, 1.54) is 6.07 Å². The van der Waals surface area contributed by atoms with Crippen LogP contribution in [0, 0.1) is 6.92 Å². The summed E-state index contributed by atoms with van der Waals surface area (Å²) in [7, 11) is 0. The molecule has 0 aliphatic rings. The minimum Gasteiger partial charge on any atom is -0.458 e. The van der Waals surface area contributed by atoms with E-state index in [9.17, 15) is 4.79 Å². The average molecular weight is 204 g/mol. The van der Waals surface area contributed by atoms with Gasteiger partial charge in [0, 0.05) is 18.2 Å². The second-order valence-corrected chi connectivity index (χ2v) is 3.35. The number of aromatic amines is 1. The van der Waals surface area contributed by atoms with Gasteiger partial charge < -0.3 is 9.40 Å². The third-order valence-corrected chi connectivity index (χ3v) is 2.11. The zero-order valence-corrected chi connectivity index (χ0v) is 8.70. The van der Waals surface area contributed by atoms with E-state index in [0.29, 0.717) is 17.3 Å². The van der Waals surface area contributed by atoms with Gasteiger partial charge in [-0.25, -0.2) is 4.98 Å². The topological polar surface area (TPSA) is 58.9 Å². The standard InChI is InChI=1S/C11H12N2O2/c1-3-8-4-5-9(15-8)11-12-7(2)6-10(14)13-11/h4-6H,3H2,1-2H3,(H,12,13,14). The number of hydrogen-bond donors (Lipinski definition) is 1. The van der Waals surface area contributed by atoms with Crippen LogP contribution in [0.2, 0.25) is 0 Å². The summed E-state index contributed by atoms with van der Waals surface area (Å²) in [4.78, 5) is 18.1. The Balaban J connectivity index is 2.48. The predicted octanol–water partition coefficient (Wildman–Crippen LogP) is 1.90. The Labute approximate surface area is 87.0 Å². The number of hydrogen-bond acceptors (Lipinski definition) is 3. The maximum Gasteiger partial charge on any atom is 0.251 e. The lowest BCUT2D eigenvalue weighted by atomic mass is 10.3. The quantitative estimate of drug-likeness (QED) is 0.812. The third kappa shape index (κ3) is 1.98. The van der Waals surface area contributed by atoms with Crippen molar-refractivity contribution < 1.29 is 4.42 Å². The van der Waals surface area contributed by atoms with Crippen LogP contribution >= 0.6 is 0 Å². The first-order chi connectivity index (χ1) is 7.19. The van der Waals surface area contributed by atoms with Gasteiger partial charge in [0.2, 0.25) is 0 Å². The van der Waals surface area contributed by atoms with E-state index < -0.39 is 0 Å². The smallest absolute Gasteiger partial charge is 0.251 e. The van der Waals surface area contributed by atoms with E-state index in [0.717, 1.165) is 12.2 Å². The van der Waals surface area contributed by atoms with Gasteiger partial charge >= 0.3 is 0 Å². The van der Waals surface area contributed by atoms with E-state index in [1.807, 2.05) is 19.1 Å². The lowest BCUT2D eigenvalue weighted by Gasteiger charge is -1.97. The minimum absolute atomic E-state index is 0.160. The summed E-state index contributed by atoms with van der Waals surface area (Å²) >= 11 is 0. The highest BCUT2D eigenvalue weighted by molar-refractivity contribution is 5.46. The van der Waals surface area contributed by atoms with Crippen LogP contribution in [-0.4, -0.2) is 9.97 Å². The van der Waals surface area contributed by atoms with Crippen LogP contribution < -0.4 is 5.56 Å². The molecule has 0 saturated carbocycles. The second-order valence-electron chi connectivity index (χ2n) is 3.35. The van der Waals surface area contributed by atoms with Crippen LogP contribution in [0.5, 0.6) is 0 Å². The van der Waals surface area contributed by atoms with Gasteiger partial charge in [0.25, 0.3) is 5.56 Å².